The largest absolute Gasteiger partial charge is 0.497 e. The van der Waals surface area contributed by atoms with E-state index in [0.29, 0.717) is 23.5 Å². The molecule has 2 amide bonds. The first kappa shape index (κ1) is 22.8. The number of likely N-dealkylation sites (tertiary alicyclic amines) is 1. The summed E-state index contributed by atoms with van der Waals surface area (Å²) in [7, 11) is 3.18. The second-order valence-electron chi connectivity index (χ2n) is 8.04. The molecule has 1 aromatic rings. The monoisotopic (exact) mass is 434 g/mol. The summed E-state index contributed by atoms with van der Waals surface area (Å²) in [5, 5.41) is 0. The number of benzene rings is 1. The fraction of sp³-hybridized carbons (Fsp3) is 0.652. The fourth-order valence-electron chi connectivity index (χ4n) is 4.36. The van der Waals surface area contributed by atoms with E-state index in [1.54, 1.807) is 32.4 Å². The maximum Gasteiger partial charge on any atom is 0.255 e. The van der Waals surface area contributed by atoms with Gasteiger partial charge in [-0.3, -0.25) is 9.59 Å². The number of nitrogens with zero attached hydrogens (tertiary/aromatic N) is 2. The average molecular weight is 435 g/mol. The van der Waals surface area contributed by atoms with Gasteiger partial charge in [-0.15, -0.1) is 11.8 Å². The van der Waals surface area contributed by atoms with Crippen molar-refractivity contribution in [1.29, 1.82) is 0 Å². The topological polar surface area (TPSA) is 59.1 Å². The lowest BCUT2D eigenvalue weighted by molar-refractivity contribution is -0.132. The van der Waals surface area contributed by atoms with Crippen LogP contribution in [-0.2, 0) is 4.79 Å². The molecule has 0 atom stereocenters. The van der Waals surface area contributed by atoms with Crippen molar-refractivity contribution < 1.29 is 19.1 Å². The van der Waals surface area contributed by atoms with Gasteiger partial charge in [0.15, 0.2) is 0 Å². The maximum atomic E-state index is 13.4. The van der Waals surface area contributed by atoms with Crippen molar-refractivity contribution in [2.45, 2.75) is 56.7 Å². The van der Waals surface area contributed by atoms with E-state index in [0.717, 1.165) is 51.1 Å². The summed E-state index contributed by atoms with van der Waals surface area (Å²) in [5.74, 6) is 2.43. The van der Waals surface area contributed by atoms with Crippen molar-refractivity contribution in [3.8, 4) is 11.5 Å². The Labute approximate surface area is 184 Å². The molecule has 0 saturated carbocycles. The molecule has 2 heterocycles. The number of amides is 2. The number of ether oxygens (including phenoxy) is 2. The van der Waals surface area contributed by atoms with Crippen molar-refractivity contribution in [3.05, 3.63) is 23.8 Å². The minimum absolute atomic E-state index is 0.0107. The SMILES string of the molecule is CCCCCCC(=O)N1CCC2(CC1)SCCN2C(=O)c1cc(OC)cc(OC)c1. The Morgan fingerprint density at radius 2 is 1.67 bits per heavy atom. The number of thioether (sulfide) groups is 1. The Morgan fingerprint density at radius 1 is 1.00 bits per heavy atom. The van der Waals surface area contributed by atoms with E-state index < -0.39 is 0 Å². The van der Waals surface area contributed by atoms with Gasteiger partial charge >= 0.3 is 0 Å². The standard InChI is InChI=1S/C23H34N2O4S/c1-4-5-6-7-8-21(26)24-11-9-23(10-12-24)25(13-14-30-23)22(27)18-15-19(28-2)17-20(16-18)29-3/h15-17H,4-14H2,1-3H3. The lowest BCUT2D eigenvalue weighted by Crippen LogP contribution is -2.53. The minimum atomic E-state index is -0.216. The fourth-order valence-corrected chi connectivity index (χ4v) is 5.82. The maximum absolute atomic E-state index is 13.4. The van der Waals surface area contributed by atoms with Crippen molar-refractivity contribution in [2.24, 2.45) is 0 Å². The molecule has 6 nitrogen and oxygen atoms in total. The first-order valence-electron chi connectivity index (χ1n) is 11.0. The molecule has 1 spiro atoms. The molecule has 2 aliphatic heterocycles. The number of hydrogen-bond acceptors (Lipinski definition) is 5. The molecule has 0 aliphatic carbocycles. The highest BCUT2D eigenvalue weighted by atomic mass is 32.2. The molecular formula is C23H34N2O4S. The third-order valence-corrected chi connectivity index (χ3v) is 7.72. The number of methoxy groups -OCH3 is 2. The first-order chi connectivity index (χ1) is 14.5. The molecule has 0 N–H and O–H groups in total. The Balaban J connectivity index is 1.65. The van der Waals surface area contributed by atoms with Crippen molar-refractivity contribution >= 4 is 23.6 Å². The summed E-state index contributed by atoms with van der Waals surface area (Å²) in [6, 6.07) is 5.32. The normalized spacial score (nSPS) is 18.0. The molecule has 166 valence electrons. The van der Waals surface area contributed by atoms with Crippen LogP contribution in [0, 0.1) is 0 Å². The van der Waals surface area contributed by atoms with E-state index in [9.17, 15) is 9.59 Å². The Hall–Kier alpha value is -1.89. The van der Waals surface area contributed by atoms with Crippen molar-refractivity contribution in [3.63, 3.8) is 0 Å². The number of piperidine rings is 1. The first-order valence-corrected chi connectivity index (χ1v) is 12.0. The van der Waals surface area contributed by atoms with Gasteiger partial charge in [-0.25, -0.2) is 0 Å². The second-order valence-corrected chi connectivity index (χ2v) is 9.50. The van der Waals surface area contributed by atoms with E-state index in [1.165, 1.54) is 12.8 Å². The van der Waals surface area contributed by atoms with E-state index >= 15 is 0 Å². The third-order valence-electron chi connectivity index (χ3n) is 6.16. The van der Waals surface area contributed by atoms with Crippen LogP contribution in [0.5, 0.6) is 11.5 Å². The Morgan fingerprint density at radius 3 is 2.27 bits per heavy atom. The molecule has 0 bridgehead atoms. The van der Waals surface area contributed by atoms with Crippen LogP contribution in [0.1, 0.15) is 62.2 Å². The summed E-state index contributed by atoms with van der Waals surface area (Å²) < 4.78 is 10.7. The van der Waals surface area contributed by atoms with Crippen LogP contribution in [-0.4, -0.2) is 66.1 Å². The quantitative estimate of drug-likeness (QED) is 0.575. The number of carbonyl (C=O) groups excluding carboxylic acids is 2. The predicted octanol–water partition coefficient (Wildman–Crippen LogP) is 4.18. The number of unbranched alkanes of at least 4 members (excludes halogenated alkanes) is 3. The molecule has 30 heavy (non-hydrogen) atoms. The van der Waals surface area contributed by atoms with Gasteiger partial charge in [0.25, 0.3) is 5.91 Å². The zero-order chi connectivity index (χ0) is 21.6. The van der Waals surface area contributed by atoms with Crippen LogP contribution >= 0.6 is 11.8 Å². The third kappa shape index (κ3) is 5.05. The van der Waals surface area contributed by atoms with Crippen LogP contribution in [0.15, 0.2) is 18.2 Å². The lowest BCUT2D eigenvalue weighted by Gasteiger charge is -2.44. The van der Waals surface area contributed by atoms with E-state index in [2.05, 4.69) is 6.92 Å². The van der Waals surface area contributed by atoms with Gasteiger partial charge in [-0.1, -0.05) is 26.2 Å². The molecule has 3 rings (SSSR count). The molecule has 0 aromatic heterocycles. The minimum Gasteiger partial charge on any atom is -0.497 e. The molecule has 7 heteroatoms. The molecule has 0 unspecified atom stereocenters. The van der Waals surface area contributed by atoms with Crippen LogP contribution in [0.2, 0.25) is 0 Å². The Kier molecular flexibility index (Phi) is 7.92. The molecule has 2 fully saturated rings. The number of rotatable bonds is 8. The molecule has 2 aliphatic rings. The van der Waals surface area contributed by atoms with E-state index in [1.807, 2.05) is 21.6 Å². The van der Waals surface area contributed by atoms with Crippen LogP contribution in [0.4, 0.5) is 0 Å². The van der Waals surface area contributed by atoms with Gasteiger partial charge in [-0.05, 0) is 31.4 Å². The van der Waals surface area contributed by atoms with Crippen LogP contribution in [0.3, 0.4) is 0 Å². The van der Waals surface area contributed by atoms with Gasteiger partial charge in [0.2, 0.25) is 5.91 Å². The molecule has 1 aromatic carbocycles. The smallest absolute Gasteiger partial charge is 0.255 e. The predicted molar refractivity (Wildman–Crippen MR) is 120 cm³/mol. The average Bonchev–Trinajstić information content (AvgIpc) is 3.18. The summed E-state index contributed by atoms with van der Waals surface area (Å²) >= 11 is 1.86. The molecular weight excluding hydrogens is 400 g/mol. The van der Waals surface area contributed by atoms with Crippen molar-refractivity contribution in [1.82, 2.24) is 9.80 Å². The van der Waals surface area contributed by atoms with Crippen molar-refractivity contribution in [2.75, 3.05) is 39.6 Å². The summed E-state index contributed by atoms with van der Waals surface area (Å²) in [5.41, 5.74) is 0.586. The zero-order valence-electron chi connectivity index (χ0n) is 18.4. The highest BCUT2D eigenvalue weighted by molar-refractivity contribution is 8.00. The number of carbonyl (C=O) groups is 2. The highest BCUT2D eigenvalue weighted by Crippen LogP contribution is 2.45. The molecule has 2 saturated heterocycles. The zero-order valence-corrected chi connectivity index (χ0v) is 19.3. The summed E-state index contributed by atoms with van der Waals surface area (Å²) in [4.78, 5) is 29.7. The number of hydrogen-bond donors (Lipinski definition) is 0. The summed E-state index contributed by atoms with van der Waals surface area (Å²) in [6.45, 7) is 4.36. The van der Waals surface area contributed by atoms with Gasteiger partial charge in [0.1, 0.15) is 11.5 Å². The Bertz CT molecular complexity index is 724. The van der Waals surface area contributed by atoms with E-state index in [4.69, 9.17) is 9.47 Å². The van der Waals surface area contributed by atoms with Gasteiger partial charge in [0, 0.05) is 43.4 Å². The van der Waals surface area contributed by atoms with E-state index in [-0.39, 0.29) is 16.7 Å². The summed E-state index contributed by atoms with van der Waals surface area (Å²) in [6.07, 6.45) is 6.77. The van der Waals surface area contributed by atoms with Crippen LogP contribution in [0.25, 0.3) is 0 Å². The van der Waals surface area contributed by atoms with Gasteiger partial charge in [-0.2, -0.15) is 0 Å². The highest BCUT2D eigenvalue weighted by Gasteiger charge is 2.47. The lowest BCUT2D eigenvalue weighted by atomic mass is 10.00. The van der Waals surface area contributed by atoms with Gasteiger partial charge in [0.05, 0.1) is 19.1 Å². The van der Waals surface area contributed by atoms with Crippen LogP contribution < -0.4 is 9.47 Å². The molecule has 0 radical (unpaired) electrons. The van der Waals surface area contributed by atoms with Gasteiger partial charge < -0.3 is 19.3 Å². The second kappa shape index (κ2) is 10.4.